The van der Waals surface area contributed by atoms with E-state index >= 15 is 0 Å². The van der Waals surface area contributed by atoms with E-state index in [-0.39, 0.29) is 36.4 Å². The van der Waals surface area contributed by atoms with Gasteiger partial charge in [0.15, 0.2) is 5.76 Å². The van der Waals surface area contributed by atoms with Crippen LogP contribution in [0.1, 0.15) is 32.9 Å². The molecule has 7 heteroatoms. The van der Waals surface area contributed by atoms with E-state index in [4.69, 9.17) is 4.42 Å². The average Bonchev–Trinajstić information content (AvgIpc) is 3.28. The number of anilines is 1. The molecule has 0 unspecified atom stereocenters. The molecule has 0 radical (unpaired) electrons. The number of benzene rings is 2. The number of para-hydroxylation sites is 1. The number of hydrogen-bond donors (Lipinski definition) is 3. The van der Waals surface area contributed by atoms with Crippen LogP contribution in [0, 0.1) is 0 Å². The van der Waals surface area contributed by atoms with Crippen LogP contribution >= 0.6 is 0 Å². The van der Waals surface area contributed by atoms with Crippen molar-refractivity contribution in [2.75, 3.05) is 11.9 Å². The summed E-state index contributed by atoms with van der Waals surface area (Å²) in [5.41, 5.74) is 1.77. The molecule has 3 N–H and O–H groups in total. The maximum Gasteiger partial charge on any atom is 0.286 e. The number of hydrogen-bond acceptors (Lipinski definition) is 4. The summed E-state index contributed by atoms with van der Waals surface area (Å²) in [4.78, 5) is 36.5. The molecule has 3 aromatic rings. The van der Waals surface area contributed by atoms with Gasteiger partial charge in [0.05, 0.1) is 17.5 Å². The van der Waals surface area contributed by atoms with Crippen LogP contribution in [0.5, 0.6) is 0 Å². The van der Waals surface area contributed by atoms with Crippen molar-refractivity contribution >= 4 is 23.4 Å². The fourth-order valence-corrected chi connectivity index (χ4v) is 2.66. The highest BCUT2D eigenvalue weighted by atomic mass is 16.3. The molecule has 0 atom stereocenters. The maximum atomic E-state index is 12.5. The van der Waals surface area contributed by atoms with Gasteiger partial charge in [0, 0.05) is 19.5 Å². The Morgan fingerprint density at radius 2 is 1.55 bits per heavy atom. The number of amides is 3. The Bertz CT molecular complexity index is 969. The molecule has 0 saturated carbocycles. The van der Waals surface area contributed by atoms with Gasteiger partial charge in [-0.25, -0.2) is 0 Å². The SMILES string of the molecule is O=C(CCNC(=O)c1ccco1)Nc1ccccc1C(=O)NCc1ccccc1. The second-order valence-corrected chi connectivity index (χ2v) is 6.25. The Kier molecular flexibility index (Phi) is 6.78. The normalized spacial score (nSPS) is 10.2. The molecular formula is C22H21N3O4. The Morgan fingerprint density at radius 1 is 0.793 bits per heavy atom. The van der Waals surface area contributed by atoms with E-state index in [2.05, 4.69) is 16.0 Å². The van der Waals surface area contributed by atoms with Crippen LogP contribution in [0.15, 0.2) is 77.4 Å². The number of nitrogens with one attached hydrogen (secondary N) is 3. The highest BCUT2D eigenvalue weighted by Gasteiger charge is 2.14. The molecule has 0 saturated heterocycles. The second kappa shape index (κ2) is 9.89. The minimum atomic E-state index is -0.386. The van der Waals surface area contributed by atoms with Crippen LogP contribution in [-0.2, 0) is 11.3 Å². The first-order chi connectivity index (χ1) is 14.1. The standard InChI is InChI=1S/C22H21N3O4/c26-20(12-13-23-22(28)19-11-6-14-29-19)25-18-10-5-4-9-17(18)21(27)24-15-16-7-2-1-3-8-16/h1-11,14H,12-13,15H2,(H,23,28)(H,24,27)(H,25,26). The Balaban J connectivity index is 1.52. The molecular weight excluding hydrogens is 370 g/mol. The van der Waals surface area contributed by atoms with E-state index in [0.717, 1.165) is 5.56 Å². The second-order valence-electron chi connectivity index (χ2n) is 6.25. The molecule has 2 aromatic carbocycles. The van der Waals surface area contributed by atoms with Gasteiger partial charge < -0.3 is 20.4 Å². The summed E-state index contributed by atoms with van der Waals surface area (Å²) in [6.07, 6.45) is 1.47. The molecule has 0 bridgehead atoms. The van der Waals surface area contributed by atoms with Crippen LogP contribution in [0.25, 0.3) is 0 Å². The van der Waals surface area contributed by atoms with E-state index in [1.807, 2.05) is 30.3 Å². The van der Waals surface area contributed by atoms with E-state index < -0.39 is 0 Å². The molecule has 29 heavy (non-hydrogen) atoms. The molecule has 3 amide bonds. The van der Waals surface area contributed by atoms with Crippen molar-refractivity contribution in [3.63, 3.8) is 0 Å². The minimum Gasteiger partial charge on any atom is -0.459 e. The zero-order chi connectivity index (χ0) is 20.5. The average molecular weight is 391 g/mol. The van der Waals surface area contributed by atoms with Gasteiger partial charge in [0.25, 0.3) is 11.8 Å². The number of carbonyl (C=O) groups is 3. The monoisotopic (exact) mass is 391 g/mol. The summed E-state index contributed by atoms with van der Waals surface area (Å²) in [5, 5.41) is 8.17. The first kappa shape index (κ1) is 19.9. The first-order valence-corrected chi connectivity index (χ1v) is 9.16. The van der Waals surface area contributed by atoms with Crippen molar-refractivity contribution in [1.82, 2.24) is 10.6 Å². The highest BCUT2D eigenvalue weighted by Crippen LogP contribution is 2.15. The van der Waals surface area contributed by atoms with Crippen molar-refractivity contribution in [3.05, 3.63) is 89.9 Å². The Labute approximate surface area is 168 Å². The highest BCUT2D eigenvalue weighted by molar-refractivity contribution is 6.03. The lowest BCUT2D eigenvalue weighted by atomic mass is 10.1. The smallest absolute Gasteiger partial charge is 0.286 e. The molecule has 148 valence electrons. The van der Waals surface area contributed by atoms with Crippen LogP contribution in [0.3, 0.4) is 0 Å². The quantitative estimate of drug-likeness (QED) is 0.550. The number of carbonyl (C=O) groups excluding carboxylic acids is 3. The fourth-order valence-electron chi connectivity index (χ4n) is 2.66. The topological polar surface area (TPSA) is 100 Å². The number of furan rings is 1. The lowest BCUT2D eigenvalue weighted by Gasteiger charge is -2.12. The van der Waals surface area contributed by atoms with Crippen molar-refractivity contribution in [3.8, 4) is 0 Å². The van der Waals surface area contributed by atoms with E-state index in [0.29, 0.717) is 17.8 Å². The Hall–Kier alpha value is -3.87. The fraction of sp³-hybridized carbons (Fsp3) is 0.136. The van der Waals surface area contributed by atoms with Crippen molar-refractivity contribution in [1.29, 1.82) is 0 Å². The van der Waals surface area contributed by atoms with Gasteiger partial charge in [-0.3, -0.25) is 14.4 Å². The van der Waals surface area contributed by atoms with Gasteiger partial charge in [-0.2, -0.15) is 0 Å². The summed E-state index contributed by atoms with van der Waals surface area (Å²) in [6, 6.07) is 19.5. The van der Waals surface area contributed by atoms with Gasteiger partial charge in [-0.1, -0.05) is 42.5 Å². The van der Waals surface area contributed by atoms with Crippen LogP contribution in [0.2, 0.25) is 0 Å². The lowest BCUT2D eigenvalue weighted by molar-refractivity contribution is -0.116. The van der Waals surface area contributed by atoms with Gasteiger partial charge in [0.2, 0.25) is 5.91 Å². The van der Waals surface area contributed by atoms with Gasteiger partial charge in [-0.05, 0) is 29.8 Å². The van der Waals surface area contributed by atoms with Crippen molar-refractivity contribution < 1.29 is 18.8 Å². The summed E-state index contributed by atoms with van der Waals surface area (Å²) >= 11 is 0. The molecule has 0 aliphatic heterocycles. The summed E-state index contributed by atoms with van der Waals surface area (Å²) in [5.74, 6) is -0.793. The van der Waals surface area contributed by atoms with E-state index in [1.54, 1.807) is 36.4 Å². The lowest BCUT2D eigenvalue weighted by Crippen LogP contribution is -2.28. The van der Waals surface area contributed by atoms with Crippen molar-refractivity contribution in [2.45, 2.75) is 13.0 Å². The van der Waals surface area contributed by atoms with Crippen molar-refractivity contribution in [2.24, 2.45) is 0 Å². The molecule has 3 rings (SSSR count). The molecule has 7 nitrogen and oxygen atoms in total. The van der Waals surface area contributed by atoms with Crippen LogP contribution in [0.4, 0.5) is 5.69 Å². The first-order valence-electron chi connectivity index (χ1n) is 9.16. The minimum absolute atomic E-state index is 0.0619. The van der Waals surface area contributed by atoms with Gasteiger partial charge in [0.1, 0.15) is 0 Å². The summed E-state index contributed by atoms with van der Waals surface area (Å²) in [6.45, 7) is 0.536. The third-order valence-electron chi connectivity index (χ3n) is 4.12. The molecule has 0 aliphatic rings. The predicted octanol–water partition coefficient (Wildman–Crippen LogP) is 2.97. The Morgan fingerprint density at radius 3 is 2.31 bits per heavy atom. The molecule has 0 aliphatic carbocycles. The molecule has 0 fully saturated rings. The van der Waals surface area contributed by atoms with E-state index in [1.165, 1.54) is 6.26 Å². The largest absolute Gasteiger partial charge is 0.459 e. The van der Waals surface area contributed by atoms with Gasteiger partial charge >= 0.3 is 0 Å². The van der Waals surface area contributed by atoms with E-state index in [9.17, 15) is 14.4 Å². The third-order valence-corrected chi connectivity index (χ3v) is 4.12. The molecule has 0 spiro atoms. The zero-order valence-corrected chi connectivity index (χ0v) is 15.7. The third kappa shape index (κ3) is 5.80. The molecule has 1 aromatic heterocycles. The van der Waals surface area contributed by atoms with Gasteiger partial charge in [-0.15, -0.1) is 0 Å². The number of rotatable bonds is 8. The van der Waals surface area contributed by atoms with Crippen LogP contribution in [-0.4, -0.2) is 24.3 Å². The predicted molar refractivity (Wildman–Crippen MR) is 108 cm³/mol. The summed E-state index contributed by atoms with van der Waals surface area (Å²) in [7, 11) is 0. The maximum absolute atomic E-state index is 12.5. The molecule has 1 heterocycles. The summed E-state index contributed by atoms with van der Waals surface area (Å²) < 4.78 is 4.99. The zero-order valence-electron chi connectivity index (χ0n) is 15.7. The van der Waals surface area contributed by atoms with Crippen LogP contribution < -0.4 is 16.0 Å².